The predicted octanol–water partition coefficient (Wildman–Crippen LogP) is 11.8. The van der Waals surface area contributed by atoms with Gasteiger partial charge in [0.2, 0.25) is 5.91 Å². The van der Waals surface area contributed by atoms with Crippen molar-refractivity contribution < 1.29 is 39.8 Å². The van der Waals surface area contributed by atoms with Gasteiger partial charge in [-0.1, -0.05) is 204 Å². The number of unbranched alkanes of at least 4 members (excludes halogenated alkanes) is 27. The van der Waals surface area contributed by atoms with Gasteiger partial charge in [-0.05, 0) is 64.2 Å². The third-order valence-electron chi connectivity index (χ3n) is 12.1. The molecule has 62 heavy (non-hydrogen) atoms. The van der Waals surface area contributed by atoms with Crippen LogP contribution in [0.5, 0.6) is 0 Å². The Morgan fingerprint density at radius 3 is 1.47 bits per heavy atom. The van der Waals surface area contributed by atoms with Gasteiger partial charge in [-0.3, -0.25) is 4.79 Å². The van der Waals surface area contributed by atoms with Crippen LogP contribution < -0.4 is 5.32 Å². The van der Waals surface area contributed by atoms with Crippen LogP contribution in [0.2, 0.25) is 0 Å². The van der Waals surface area contributed by atoms with E-state index >= 15 is 0 Å². The molecule has 0 spiro atoms. The molecule has 0 aromatic carbocycles. The molecule has 7 unspecified atom stereocenters. The molecule has 9 nitrogen and oxygen atoms in total. The van der Waals surface area contributed by atoms with Crippen LogP contribution in [-0.4, -0.2) is 87.5 Å². The fraction of sp³-hybridized carbons (Fsp3) is 0.830. The molecule has 1 heterocycles. The summed E-state index contributed by atoms with van der Waals surface area (Å²) >= 11 is 0. The standard InChI is InChI=1S/C53H97NO8/c1-3-5-7-9-11-13-15-17-19-21-22-23-24-25-26-27-28-30-32-34-36-38-40-42-47(56)46(45-61-53-52(60)51(59)50(58)48(44-55)62-53)54-49(57)43-41-39-37-35-33-31-29-20-18-16-14-12-10-8-6-4-2/h14,16,20,29,32,34,40,42,46-48,50-53,55-56,58-60H,3-13,15,17-19,21-28,30-31,33,35-39,41,43-45H2,1-2H3,(H,54,57)/b16-14-,29-20-,34-32+,42-40+. The van der Waals surface area contributed by atoms with E-state index in [1.165, 1.54) is 141 Å². The first-order valence-electron chi connectivity index (χ1n) is 25.9. The lowest BCUT2D eigenvalue weighted by Crippen LogP contribution is -2.60. The minimum absolute atomic E-state index is 0.200. The number of carbonyl (C=O) groups is 1. The summed E-state index contributed by atoms with van der Waals surface area (Å²) in [6.07, 6.45) is 48.8. The Labute approximate surface area is 380 Å². The van der Waals surface area contributed by atoms with E-state index in [0.29, 0.717) is 6.42 Å². The van der Waals surface area contributed by atoms with Gasteiger partial charge in [0.25, 0.3) is 0 Å². The quantitative estimate of drug-likeness (QED) is 0.0262. The van der Waals surface area contributed by atoms with Gasteiger partial charge in [0, 0.05) is 6.42 Å². The molecule has 0 radical (unpaired) electrons. The van der Waals surface area contributed by atoms with Gasteiger partial charge < -0.3 is 40.3 Å². The van der Waals surface area contributed by atoms with Gasteiger partial charge in [-0.2, -0.15) is 0 Å². The lowest BCUT2D eigenvalue weighted by atomic mass is 9.99. The van der Waals surface area contributed by atoms with E-state index in [0.717, 1.165) is 64.2 Å². The lowest BCUT2D eigenvalue weighted by molar-refractivity contribution is -0.302. The Morgan fingerprint density at radius 2 is 0.968 bits per heavy atom. The smallest absolute Gasteiger partial charge is 0.220 e. The second kappa shape index (κ2) is 43.1. The molecule has 1 rings (SSSR count). The Bertz CT molecular complexity index is 1110. The fourth-order valence-electron chi connectivity index (χ4n) is 7.97. The van der Waals surface area contributed by atoms with Crippen molar-refractivity contribution in [2.24, 2.45) is 0 Å². The molecule has 0 aliphatic carbocycles. The molecule has 1 saturated heterocycles. The van der Waals surface area contributed by atoms with Crippen molar-refractivity contribution in [3.8, 4) is 0 Å². The lowest BCUT2D eigenvalue weighted by Gasteiger charge is -2.40. The summed E-state index contributed by atoms with van der Waals surface area (Å²) in [6.45, 7) is 3.74. The molecule has 7 atom stereocenters. The number of amides is 1. The Morgan fingerprint density at radius 1 is 0.548 bits per heavy atom. The Hall–Kier alpha value is -1.85. The SMILES string of the molecule is CCCCCC/C=C\C/C=C\CCCCCCCC(=O)NC(COC1OC(CO)C(O)C(O)C1O)C(O)/C=C/CC/C=C/CCCCCCCCCCCCCCCCCCC. The van der Waals surface area contributed by atoms with Crippen LogP contribution in [-0.2, 0) is 14.3 Å². The van der Waals surface area contributed by atoms with Gasteiger partial charge in [0.05, 0.1) is 25.4 Å². The second-order valence-corrected chi connectivity index (χ2v) is 18.0. The molecule has 0 aromatic rings. The fourth-order valence-corrected chi connectivity index (χ4v) is 7.97. The monoisotopic (exact) mass is 876 g/mol. The molecule has 6 N–H and O–H groups in total. The van der Waals surface area contributed by atoms with Crippen molar-refractivity contribution in [1.29, 1.82) is 0 Å². The van der Waals surface area contributed by atoms with Crippen LogP contribution >= 0.6 is 0 Å². The molecule has 362 valence electrons. The van der Waals surface area contributed by atoms with Crippen molar-refractivity contribution in [2.75, 3.05) is 13.2 Å². The van der Waals surface area contributed by atoms with Crippen molar-refractivity contribution in [3.05, 3.63) is 48.6 Å². The molecular formula is C53H97NO8. The van der Waals surface area contributed by atoms with E-state index in [1.807, 2.05) is 6.08 Å². The third-order valence-corrected chi connectivity index (χ3v) is 12.1. The first-order chi connectivity index (χ1) is 30.3. The zero-order chi connectivity index (χ0) is 45.1. The van der Waals surface area contributed by atoms with Crippen LogP contribution in [0, 0.1) is 0 Å². The number of carbonyl (C=O) groups excluding carboxylic acids is 1. The Kier molecular flexibility index (Phi) is 40.4. The maximum Gasteiger partial charge on any atom is 0.220 e. The molecule has 0 aromatic heterocycles. The van der Waals surface area contributed by atoms with Gasteiger partial charge in [-0.15, -0.1) is 0 Å². The van der Waals surface area contributed by atoms with Crippen LogP contribution in [0.3, 0.4) is 0 Å². The second-order valence-electron chi connectivity index (χ2n) is 18.0. The zero-order valence-electron chi connectivity index (χ0n) is 39.9. The largest absolute Gasteiger partial charge is 0.394 e. The number of hydrogen-bond donors (Lipinski definition) is 6. The maximum absolute atomic E-state index is 13.0. The van der Waals surface area contributed by atoms with Gasteiger partial charge in [-0.25, -0.2) is 0 Å². The molecule has 0 saturated carbocycles. The number of rotatable bonds is 43. The normalized spacial score (nSPS) is 20.7. The maximum atomic E-state index is 13.0. The molecule has 0 bridgehead atoms. The van der Waals surface area contributed by atoms with Crippen LogP contribution in [0.1, 0.15) is 226 Å². The number of allylic oxidation sites excluding steroid dienone is 7. The van der Waals surface area contributed by atoms with Crippen LogP contribution in [0.4, 0.5) is 0 Å². The summed E-state index contributed by atoms with van der Waals surface area (Å²) in [5.41, 5.74) is 0. The number of ether oxygens (including phenoxy) is 2. The number of aliphatic hydroxyl groups is 5. The highest BCUT2D eigenvalue weighted by atomic mass is 16.7. The van der Waals surface area contributed by atoms with E-state index in [1.54, 1.807) is 6.08 Å². The molecular weight excluding hydrogens is 779 g/mol. The van der Waals surface area contributed by atoms with Crippen molar-refractivity contribution in [3.63, 3.8) is 0 Å². The van der Waals surface area contributed by atoms with Gasteiger partial charge in [0.15, 0.2) is 6.29 Å². The molecule has 1 amide bonds. The third kappa shape index (κ3) is 32.8. The zero-order valence-corrected chi connectivity index (χ0v) is 39.9. The van der Waals surface area contributed by atoms with E-state index in [-0.39, 0.29) is 12.5 Å². The van der Waals surface area contributed by atoms with E-state index in [9.17, 15) is 30.3 Å². The van der Waals surface area contributed by atoms with Crippen molar-refractivity contribution in [1.82, 2.24) is 5.32 Å². The number of aliphatic hydroxyl groups excluding tert-OH is 5. The minimum atomic E-state index is -1.58. The predicted molar refractivity (Wildman–Crippen MR) is 258 cm³/mol. The highest BCUT2D eigenvalue weighted by molar-refractivity contribution is 5.76. The average Bonchev–Trinajstić information content (AvgIpc) is 3.27. The van der Waals surface area contributed by atoms with Crippen molar-refractivity contribution >= 4 is 5.91 Å². The van der Waals surface area contributed by atoms with Crippen LogP contribution in [0.15, 0.2) is 48.6 Å². The van der Waals surface area contributed by atoms with E-state index in [4.69, 9.17) is 9.47 Å². The highest BCUT2D eigenvalue weighted by Crippen LogP contribution is 2.23. The minimum Gasteiger partial charge on any atom is -0.394 e. The molecule has 9 heteroatoms. The summed E-state index contributed by atoms with van der Waals surface area (Å²) in [7, 11) is 0. The summed E-state index contributed by atoms with van der Waals surface area (Å²) in [6, 6.07) is -0.830. The van der Waals surface area contributed by atoms with Crippen molar-refractivity contribution in [2.45, 2.75) is 269 Å². The first-order valence-corrected chi connectivity index (χ1v) is 25.9. The summed E-state index contributed by atoms with van der Waals surface area (Å²) in [5, 5.41) is 54.3. The van der Waals surface area contributed by atoms with Crippen LogP contribution in [0.25, 0.3) is 0 Å². The number of nitrogens with one attached hydrogen (secondary N) is 1. The Balaban J connectivity index is 2.32. The first kappa shape index (κ1) is 58.2. The molecule has 1 aliphatic rings. The van der Waals surface area contributed by atoms with E-state index < -0.39 is 49.5 Å². The van der Waals surface area contributed by atoms with Gasteiger partial charge >= 0.3 is 0 Å². The highest BCUT2D eigenvalue weighted by Gasteiger charge is 2.44. The average molecular weight is 876 g/mol. The van der Waals surface area contributed by atoms with E-state index in [2.05, 4.69) is 55.6 Å². The number of hydrogen-bond acceptors (Lipinski definition) is 8. The topological polar surface area (TPSA) is 149 Å². The summed E-state index contributed by atoms with van der Waals surface area (Å²) in [5.74, 6) is -0.200. The molecule has 1 fully saturated rings. The summed E-state index contributed by atoms with van der Waals surface area (Å²) < 4.78 is 11.2. The van der Waals surface area contributed by atoms with Gasteiger partial charge in [0.1, 0.15) is 24.4 Å². The molecule has 1 aliphatic heterocycles. The summed E-state index contributed by atoms with van der Waals surface area (Å²) in [4.78, 5) is 13.0.